The van der Waals surface area contributed by atoms with Gasteiger partial charge < -0.3 is 5.32 Å². The average molecular weight is 267 g/mol. The Morgan fingerprint density at radius 2 is 1.60 bits per heavy atom. The van der Waals surface area contributed by atoms with E-state index in [1.807, 2.05) is 42.5 Å². The van der Waals surface area contributed by atoms with Gasteiger partial charge in [-0.05, 0) is 24.1 Å². The largest absolute Gasteiger partial charge is 0.310 e. The van der Waals surface area contributed by atoms with Crippen LogP contribution in [-0.2, 0) is 0 Å². The predicted molar refractivity (Wildman–Crippen MR) is 84.0 cm³/mol. The van der Waals surface area contributed by atoms with E-state index in [2.05, 4.69) is 24.4 Å². The van der Waals surface area contributed by atoms with E-state index in [9.17, 15) is 4.79 Å². The Labute approximate surface area is 120 Å². The summed E-state index contributed by atoms with van der Waals surface area (Å²) in [4.78, 5) is 12.0. The van der Waals surface area contributed by atoms with Crippen molar-refractivity contribution in [1.29, 1.82) is 0 Å². The highest BCUT2D eigenvalue weighted by Gasteiger charge is 2.05. The second-order valence-corrected chi connectivity index (χ2v) is 4.90. The highest BCUT2D eigenvalue weighted by atomic mass is 16.1. The molecule has 20 heavy (non-hydrogen) atoms. The summed E-state index contributed by atoms with van der Waals surface area (Å²) in [6, 6.07) is 18.0. The smallest absolute Gasteiger partial charge is 0.176 e. The first-order chi connectivity index (χ1) is 9.81. The Balaban J connectivity index is 1.96. The number of hydrogen-bond donors (Lipinski definition) is 1. The molecule has 0 bridgehead atoms. The molecule has 2 heteroatoms. The van der Waals surface area contributed by atoms with Crippen LogP contribution < -0.4 is 5.32 Å². The lowest BCUT2D eigenvalue weighted by molar-refractivity contribution is 0.0991. The lowest BCUT2D eigenvalue weighted by Crippen LogP contribution is -2.23. The van der Waals surface area contributed by atoms with Crippen molar-refractivity contribution in [1.82, 2.24) is 5.32 Å². The molecule has 0 heterocycles. The fourth-order valence-electron chi connectivity index (χ4n) is 2.08. The number of ketones is 1. The molecule has 0 amide bonds. The van der Waals surface area contributed by atoms with Crippen molar-refractivity contribution in [2.24, 2.45) is 0 Å². The number of nitrogens with one attached hydrogen (secondary N) is 1. The highest BCUT2D eigenvalue weighted by Crippen LogP contribution is 2.19. The van der Waals surface area contributed by atoms with Gasteiger partial charge in [-0.25, -0.2) is 0 Å². The number of unbranched alkanes of at least 4 members (excludes halogenated alkanes) is 1. The number of carbonyl (C=O) groups is 1. The minimum Gasteiger partial charge on any atom is -0.310 e. The van der Waals surface area contributed by atoms with Crippen molar-refractivity contribution in [3.8, 4) is 11.1 Å². The van der Waals surface area contributed by atoms with Gasteiger partial charge in [0.25, 0.3) is 0 Å². The van der Waals surface area contributed by atoms with Crippen LogP contribution in [0.5, 0.6) is 0 Å². The van der Waals surface area contributed by atoms with Crippen LogP contribution >= 0.6 is 0 Å². The van der Waals surface area contributed by atoms with Crippen LogP contribution in [0.3, 0.4) is 0 Å². The summed E-state index contributed by atoms with van der Waals surface area (Å²) in [5, 5.41) is 3.18. The molecule has 2 aromatic rings. The van der Waals surface area contributed by atoms with Crippen molar-refractivity contribution < 1.29 is 4.79 Å². The minimum atomic E-state index is 0.153. The third-order valence-electron chi connectivity index (χ3n) is 3.31. The molecule has 0 saturated heterocycles. The molecule has 1 N–H and O–H groups in total. The predicted octanol–water partition coefficient (Wildman–Crippen LogP) is 3.93. The van der Waals surface area contributed by atoms with Gasteiger partial charge in [-0.15, -0.1) is 0 Å². The third-order valence-corrected chi connectivity index (χ3v) is 3.31. The maximum absolute atomic E-state index is 12.0. The van der Waals surface area contributed by atoms with Crippen molar-refractivity contribution >= 4 is 5.78 Å². The van der Waals surface area contributed by atoms with E-state index in [4.69, 9.17) is 0 Å². The molecular formula is C18H21NO. The zero-order valence-electron chi connectivity index (χ0n) is 11.9. The van der Waals surface area contributed by atoms with E-state index in [1.165, 1.54) is 5.56 Å². The van der Waals surface area contributed by atoms with Gasteiger partial charge in [0.1, 0.15) is 0 Å². The van der Waals surface area contributed by atoms with Crippen molar-refractivity contribution in [3.05, 3.63) is 60.2 Å². The Morgan fingerprint density at radius 3 is 2.25 bits per heavy atom. The summed E-state index contributed by atoms with van der Waals surface area (Å²) in [5.41, 5.74) is 3.09. The fourth-order valence-corrected chi connectivity index (χ4v) is 2.08. The van der Waals surface area contributed by atoms with E-state index in [1.54, 1.807) is 0 Å². The second kappa shape index (κ2) is 7.61. The molecule has 0 spiro atoms. The number of rotatable bonds is 7. The minimum absolute atomic E-state index is 0.153. The molecule has 0 radical (unpaired) electrons. The fraction of sp³-hybridized carbons (Fsp3) is 0.278. The van der Waals surface area contributed by atoms with Gasteiger partial charge in [-0.2, -0.15) is 0 Å². The molecule has 0 unspecified atom stereocenters. The van der Waals surface area contributed by atoms with E-state index in [-0.39, 0.29) is 5.78 Å². The monoisotopic (exact) mass is 267 g/mol. The molecule has 0 aliphatic rings. The Kier molecular flexibility index (Phi) is 5.51. The van der Waals surface area contributed by atoms with E-state index in [0.29, 0.717) is 6.54 Å². The van der Waals surface area contributed by atoms with Crippen LogP contribution in [0.25, 0.3) is 11.1 Å². The topological polar surface area (TPSA) is 29.1 Å². The number of carbonyl (C=O) groups excluding carboxylic acids is 1. The van der Waals surface area contributed by atoms with Gasteiger partial charge in [0.2, 0.25) is 0 Å². The SMILES string of the molecule is CCCCNCC(=O)c1ccc(-c2ccccc2)cc1. The molecule has 2 rings (SSSR count). The van der Waals surface area contributed by atoms with Gasteiger partial charge in [-0.3, -0.25) is 4.79 Å². The summed E-state index contributed by atoms with van der Waals surface area (Å²) in [6.45, 7) is 3.47. The summed E-state index contributed by atoms with van der Waals surface area (Å²) in [5.74, 6) is 0.153. The van der Waals surface area contributed by atoms with Gasteiger partial charge in [-0.1, -0.05) is 67.9 Å². The molecule has 0 aromatic heterocycles. The van der Waals surface area contributed by atoms with E-state index < -0.39 is 0 Å². The normalized spacial score (nSPS) is 10.4. The van der Waals surface area contributed by atoms with Crippen LogP contribution in [-0.4, -0.2) is 18.9 Å². The van der Waals surface area contributed by atoms with Crippen molar-refractivity contribution in [2.75, 3.05) is 13.1 Å². The van der Waals surface area contributed by atoms with Gasteiger partial charge in [0.05, 0.1) is 6.54 Å². The molecule has 0 saturated carbocycles. The molecule has 0 fully saturated rings. The van der Waals surface area contributed by atoms with Gasteiger partial charge >= 0.3 is 0 Å². The number of benzene rings is 2. The number of Topliss-reactive ketones (excluding diaryl/α,β-unsaturated/α-hetero) is 1. The van der Waals surface area contributed by atoms with Gasteiger partial charge in [0, 0.05) is 5.56 Å². The molecule has 0 aliphatic carbocycles. The molecule has 104 valence electrons. The molecular weight excluding hydrogens is 246 g/mol. The Bertz CT molecular complexity index is 531. The van der Waals surface area contributed by atoms with Crippen LogP contribution in [0.2, 0.25) is 0 Å². The maximum atomic E-state index is 12.0. The lowest BCUT2D eigenvalue weighted by Gasteiger charge is -2.05. The maximum Gasteiger partial charge on any atom is 0.176 e. The summed E-state index contributed by atoms with van der Waals surface area (Å²) >= 11 is 0. The molecule has 0 atom stereocenters. The van der Waals surface area contributed by atoms with Crippen LogP contribution in [0.4, 0.5) is 0 Å². The first-order valence-electron chi connectivity index (χ1n) is 7.20. The molecule has 2 aromatic carbocycles. The lowest BCUT2D eigenvalue weighted by atomic mass is 10.0. The van der Waals surface area contributed by atoms with Crippen LogP contribution in [0.1, 0.15) is 30.1 Å². The second-order valence-electron chi connectivity index (χ2n) is 4.90. The van der Waals surface area contributed by atoms with Crippen molar-refractivity contribution in [3.63, 3.8) is 0 Å². The third kappa shape index (κ3) is 4.04. The Morgan fingerprint density at radius 1 is 0.950 bits per heavy atom. The first kappa shape index (κ1) is 14.5. The van der Waals surface area contributed by atoms with E-state index >= 15 is 0 Å². The van der Waals surface area contributed by atoms with Crippen LogP contribution in [0, 0.1) is 0 Å². The zero-order chi connectivity index (χ0) is 14.2. The zero-order valence-corrected chi connectivity index (χ0v) is 11.9. The summed E-state index contributed by atoms with van der Waals surface area (Å²) < 4.78 is 0. The molecule has 0 aliphatic heterocycles. The summed E-state index contributed by atoms with van der Waals surface area (Å²) in [7, 11) is 0. The highest BCUT2D eigenvalue weighted by molar-refractivity contribution is 5.98. The standard InChI is InChI=1S/C18H21NO/c1-2-3-13-19-14-18(20)17-11-9-16(10-12-17)15-7-5-4-6-8-15/h4-12,19H,2-3,13-14H2,1H3. The number of hydrogen-bond acceptors (Lipinski definition) is 2. The van der Waals surface area contributed by atoms with Crippen molar-refractivity contribution in [2.45, 2.75) is 19.8 Å². The van der Waals surface area contributed by atoms with Crippen LogP contribution in [0.15, 0.2) is 54.6 Å². The Hall–Kier alpha value is -1.93. The summed E-state index contributed by atoms with van der Waals surface area (Å²) in [6.07, 6.45) is 2.26. The molecule has 2 nitrogen and oxygen atoms in total. The van der Waals surface area contributed by atoms with E-state index in [0.717, 1.165) is 30.5 Å². The quantitative estimate of drug-likeness (QED) is 0.608. The average Bonchev–Trinajstić information content (AvgIpc) is 2.52. The van der Waals surface area contributed by atoms with Gasteiger partial charge in [0.15, 0.2) is 5.78 Å². The first-order valence-corrected chi connectivity index (χ1v) is 7.20.